The molecule has 6 nitrogen and oxygen atoms in total. The van der Waals surface area contributed by atoms with Crippen LogP contribution in [0.2, 0.25) is 0 Å². The van der Waals surface area contributed by atoms with Crippen molar-refractivity contribution in [2.45, 2.75) is 271 Å². The van der Waals surface area contributed by atoms with Gasteiger partial charge in [-0.15, -0.1) is 0 Å². The predicted octanol–water partition coefficient (Wildman–Crippen LogP) is 18.8. The molecule has 0 aromatic carbocycles. The van der Waals surface area contributed by atoms with Gasteiger partial charge in [-0.25, -0.2) is 0 Å². The van der Waals surface area contributed by atoms with Gasteiger partial charge in [0.2, 0.25) is 0 Å². The van der Waals surface area contributed by atoms with Crippen molar-refractivity contribution in [1.29, 1.82) is 0 Å². The topological polar surface area (TPSA) is 78.9 Å². The summed E-state index contributed by atoms with van der Waals surface area (Å²) in [5.41, 5.74) is 0. The molecule has 0 radical (unpaired) electrons. The van der Waals surface area contributed by atoms with E-state index in [-0.39, 0.29) is 37.5 Å². The monoisotopic (exact) mass is 933 g/mol. The van der Waals surface area contributed by atoms with E-state index in [9.17, 15) is 14.4 Å². The quantitative estimate of drug-likeness (QED) is 0.0262. The third-order valence-electron chi connectivity index (χ3n) is 11.9. The van der Waals surface area contributed by atoms with Gasteiger partial charge in [0.05, 0.1) is 0 Å². The van der Waals surface area contributed by atoms with Crippen molar-refractivity contribution in [3.63, 3.8) is 0 Å². The van der Waals surface area contributed by atoms with E-state index in [2.05, 4.69) is 99.8 Å². The summed E-state index contributed by atoms with van der Waals surface area (Å²) in [5.74, 6) is -1.00. The van der Waals surface area contributed by atoms with Gasteiger partial charge >= 0.3 is 17.9 Å². The molecule has 0 aliphatic rings. The predicted molar refractivity (Wildman–Crippen MR) is 288 cm³/mol. The zero-order chi connectivity index (χ0) is 48.6. The van der Waals surface area contributed by atoms with Crippen LogP contribution in [0.5, 0.6) is 0 Å². The van der Waals surface area contributed by atoms with E-state index in [1.54, 1.807) is 0 Å². The van der Waals surface area contributed by atoms with E-state index in [0.717, 1.165) is 77.0 Å². The average molecular weight is 933 g/mol. The highest BCUT2D eigenvalue weighted by Crippen LogP contribution is 2.14. The molecular formula is C61H104O6. The molecule has 0 fully saturated rings. The number of unbranched alkanes of at least 4 members (excludes halogenated alkanes) is 25. The maximum Gasteiger partial charge on any atom is 0.306 e. The van der Waals surface area contributed by atoms with E-state index in [1.165, 1.54) is 141 Å². The SMILES string of the molecule is CCCCC/C=C\C/C=C\C/C=C\C/C=C\C/C=C\CCC(=O)OC[C@H](COC(=O)CCCCCCC/C=C\CCCCCC)OC(=O)CCCCCCCCC/C=C\CCCCCCCC. The van der Waals surface area contributed by atoms with Crippen LogP contribution in [0, 0.1) is 0 Å². The minimum Gasteiger partial charge on any atom is -0.462 e. The molecule has 0 heterocycles. The van der Waals surface area contributed by atoms with Crippen molar-refractivity contribution < 1.29 is 28.6 Å². The van der Waals surface area contributed by atoms with Crippen molar-refractivity contribution >= 4 is 17.9 Å². The molecule has 0 aromatic rings. The smallest absolute Gasteiger partial charge is 0.306 e. The molecule has 0 aliphatic heterocycles. The van der Waals surface area contributed by atoms with Crippen LogP contribution >= 0.6 is 0 Å². The molecule has 0 aromatic heterocycles. The Bertz CT molecular complexity index is 1300. The molecular weight excluding hydrogens is 829 g/mol. The van der Waals surface area contributed by atoms with Gasteiger partial charge in [-0.05, 0) is 109 Å². The van der Waals surface area contributed by atoms with Gasteiger partial charge in [-0.3, -0.25) is 14.4 Å². The van der Waals surface area contributed by atoms with E-state index >= 15 is 0 Å². The first-order chi connectivity index (χ1) is 33.0. The van der Waals surface area contributed by atoms with Crippen LogP contribution in [0.3, 0.4) is 0 Å². The molecule has 384 valence electrons. The van der Waals surface area contributed by atoms with Gasteiger partial charge in [-0.2, -0.15) is 0 Å². The zero-order valence-electron chi connectivity index (χ0n) is 43.9. The summed E-state index contributed by atoms with van der Waals surface area (Å²) in [7, 11) is 0. The first-order valence-electron chi connectivity index (χ1n) is 28.1. The normalized spacial score (nSPS) is 12.7. The molecule has 0 rings (SSSR count). The first kappa shape index (κ1) is 63.6. The fourth-order valence-corrected chi connectivity index (χ4v) is 7.59. The van der Waals surface area contributed by atoms with E-state index in [4.69, 9.17) is 14.2 Å². The number of hydrogen-bond donors (Lipinski definition) is 0. The minimum absolute atomic E-state index is 0.105. The molecule has 1 atom stereocenters. The number of allylic oxidation sites excluding steroid dienone is 14. The highest BCUT2D eigenvalue weighted by atomic mass is 16.6. The van der Waals surface area contributed by atoms with Crippen molar-refractivity contribution in [2.75, 3.05) is 13.2 Å². The molecule has 0 aliphatic carbocycles. The third-order valence-corrected chi connectivity index (χ3v) is 11.9. The van der Waals surface area contributed by atoms with Gasteiger partial charge in [0.1, 0.15) is 13.2 Å². The Balaban J connectivity index is 4.50. The van der Waals surface area contributed by atoms with Gasteiger partial charge in [0.25, 0.3) is 0 Å². The second kappa shape index (κ2) is 55.2. The number of ether oxygens (including phenoxy) is 3. The zero-order valence-corrected chi connectivity index (χ0v) is 43.9. The molecule has 0 saturated carbocycles. The Hall–Kier alpha value is -3.41. The number of carbonyl (C=O) groups is 3. The summed E-state index contributed by atoms with van der Waals surface area (Å²) in [6.07, 6.45) is 71.5. The number of rotatable bonds is 50. The standard InChI is InChI=1S/C61H104O6/c1-4-7-10-13-16-19-22-25-27-29-30-32-33-36-39-42-45-48-51-54-60(63)66-57-58(56-65-59(62)53-50-47-44-41-38-35-24-21-18-15-12-9-6-3)67-61(64)55-52-49-46-43-40-37-34-31-28-26-23-20-17-14-11-8-5-2/h16,19,21,24-28,30,32,36,39,45,48,58H,4-15,17-18,20,22-23,29,31,33-35,37-38,40-44,46-47,49-57H2,1-3H3/b19-16-,24-21-,27-25-,28-26-,32-30-,39-36-,48-45-/t58-/m0/s1. The van der Waals surface area contributed by atoms with E-state index < -0.39 is 6.10 Å². The fourth-order valence-electron chi connectivity index (χ4n) is 7.59. The van der Waals surface area contributed by atoms with Crippen molar-refractivity contribution in [1.82, 2.24) is 0 Å². The minimum atomic E-state index is -0.812. The second-order valence-corrected chi connectivity index (χ2v) is 18.5. The summed E-state index contributed by atoms with van der Waals surface area (Å²) >= 11 is 0. The molecule has 6 heteroatoms. The highest BCUT2D eigenvalue weighted by Gasteiger charge is 2.19. The molecule has 67 heavy (non-hydrogen) atoms. The molecule has 0 bridgehead atoms. The number of hydrogen-bond acceptors (Lipinski definition) is 6. The van der Waals surface area contributed by atoms with Crippen LogP contribution in [-0.2, 0) is 28.6 Å². The summed E-state index contributed by atoms with van der Waals surface area (Å²) in [5, 5.41) is 0. The van der Waals surface area contributed by atoms with Gasteiger partial charge in [0, 0.05) is 19.3 Å². The molecule has 0 unspecified atom stereocenters. The molecule has 0 saturated heterocycles. The Morgan fingerprint density at radius 1 is 0.299 bits per heavy atom. The van der Waals surface area contributed by atoms with Crippen molar-refractivity contribution in [2.24, 2.45) is 0 Å². The van der Waals surface area contributed by atoms with Crippen molar-refractivity contribution in [3.05, 3.63) is 85.1 Å². The average Bonchev–Trinajstić information content (AvgIpc) is 3.33. The first-order valence-corrected chi connectivity index (χ1v) is 28.1. The van der Waals surface area contributed by atoms with Crippen LogP contribution in [0.25, 0.3) is 0 Å². The highest BCUT2D eigenvalue weighted by molar-refractivity contribution is 5.71. The van der Waals surface area contributed by atoms with Gasteiger partial charge < -0.3 is 14.2 Å². The van der Waals surface area contributed by atoms with E-state index in [0.29, 0.717) is 19.3 Å². The van der Waals surface area contributed by atoms with Crippen LogP contribution in [0.15, 0.2) is 85.1 Å². The summed E-state index contributed by atoms with van der Waals surface area (Å²) in [6.45, 7) is 6.52. The van der Waals surface area contributed by atoms with Crippen LogP contribution < -0.4 is 0 Å². The van der Waals surface area contributed by atoms with E-state index in [1.807, 2.05) is 6.08 Å². The lowest BCUT2D eigenvalue weighted by atomic mass is 10.1. The molecule has 0 amide bonds. The molecule has 0 N–H and O–H groups in total. The number of carbonyl (C=O) groups excluding carboxylic acids is 3. The van der Waals surface area contributed by atoms with Crippen LogP contribution in [-0.4, -0.2) is 37.2 Å². The third kappa shape index (κ3) is 53.4. The summed E-state index contributed by atoms with van der Waals surface area (Å²) < 4.78 is 16.8. The Kier molecular flexibility index (Phi) is 52.4. The maximum absolute atomic E-state index is 12.8. The summed E-state index contributed by atoms with van der Waals surface area (Å²) in [4.78, 5) is 38.1. The fraction of sp³-hybridized carbons (Fsp3) is 0.721. The molecule has 0 spiro atoms. The Morgan fingerprint density at radius 2 is 0.567 bits per heavy atom. The summed E-state index contributed by atoms with van der Waals surface area (Å²) in [6, 6.07) is 0. The lowest BCUT2D eigenvalue weighted by Crippen LogP contribution is -2.30. The lowest BCUT2D eigenvalue weighted by Gasteiger charge is -2.18. The lowest BCUT2D eigenvalue weighted by molar-refractivity contribution is -0.166. The Labute approximate surface area is 414 Å². The van der Waals surface area contributed by atoms with Gasteiger partial charge in [0.15, 0.2) is 6.10 Å². The van der Waals surface area contributed by atoms with Crippen LogP contribution in [0.4, 0.5) is 0 Å². The maximum atomic E-state index is 12.8. The number of esters is 3. The second-order valence-electron chi connectivity index (χ2n) is 18.5. The largest absolute Gasteiger partial charge is 0.462 e. The van der Waals surface area contributed by atoms with Gasteiger partial charge in [-0.1, -0.05) is 221 Å². The Morgan fingerprint density at radius 3 is 0.985 bits per heavy atom. The van der Waals surface area contributed by atoms with Crippen molar-refractivity contribution in [3.8, 4) is 0 Å². The van der Waals surface area contributed by atoms with Crippen LogP contribution in [0.1, 0.15) is 265 Å².